The highest BCUT2D eigenvalue weighted by Gasteiger charge is 2.61. The molecule has 1 heteroatoms. The molecule has 2 saturated carbocycles. The SMILES string of the molecule is CCC(C)(C)C[C@@H](C)[C@H]1CCC2(CC)[C@@H](OC)CCCC12C. The van der Waals surface area contributed by atoms with Gasteiger partial charge in [-0.05, 0) is 61.2 Å². The zero-order chi connectivity index (χ0) is 16.6. The second-order valence-corrected chi connectivity index (χ2v) is 9.39. The first-order chi connectivity index (χ1) is 10.3. The van der Waals surface area contributed by atoms with Crippen LogP contribution in [0.25, 0.3) is 0 Å². The van der Waals surface area contributed by atoms with Crippen LogP contribution in [-0.2, 0) is 4.74 Å². The summed E-state index contributed by atoms with van der Waals surface area (Å²) in [6, 6.07) is 0. The largest absolute Gasteiger partial charge is 0.381 e. The quantitative estimate of drug-likeness (QED) is 0.547. The molecule has 2 aliphatic rings. The maximum absolute atomic E-state index is 6.01. The van der Waals surface area contributed by atoms with Crippen molar-refractivity contribution in [2.75, 3.05) is 7.11 Å². The van der Waals surface area contributed by atoms with Gasteiger partial charge in [0.15, 0.2) is 0 Å². The van der Waals surface area contributed by atoms with Crippen LogP contribution < -0.4 is 0 Å². The molecule has 2 fully saturated rings. The van der Waals surface area contributed by atoms with E-state index in [0.29, 0.717) is 22.3 Å². The van der Waals surface area contributed by atoms with Crippen molar-refractivity contribution in [3.8, 4) is 0 Å². The van der Waals surface area contributed by atoms with Crippen molar-refractivity contribution in [2.45, 2.75) is 99.0 Å². The van der Waals surface area contributed by atoms with Crippen LogP contribution >= 0.6 is 0 Å². The first kappa shape index (κ1) is 18.3. The molecule has 0 amide bonds. The molecule has 0 aromatic heterocycles. The van der Waals surface area contributed by atoms with Gasteiger partial charge in [-0.15, -0.1) is 0 Å². The van der Waals surface area contributed by atoms with Crippen LogP contribution in [0.5, 0.6) is 0 Å². The monoisotopic (exact) mass is 308 g/mol. The van der Waals surface area contributed by atoms with E-state index in [9.17, 15) is 0 Å². The Labute approximate surface area is 139 Å². The lowest BCUT2D eigenvalue weighted by molar-refractivity contribution is -0.127. The lowest BCUT2D eigenvalue weighted by atomic mass is 9.52. The van der Waals surface area contributed by atoms with E-state index < -0.39 is 0 Å². The molecule has 0 saturated heterocycles. The third kappa shape index (κ3) is 2.76. The topological polar surface area (TPSA) is 9.23 Å². The lowest BCUT2D eigenvalue weighted by Gasteiger charge is -2.55. The normalized spacial score (nSPS) is 40.5. The second-order valence-electron chi connectivity index (χ2n) is 9.39. The van der Waals surface area contributed by atoms with Crippen LogP contribution in [0, 0.1) is 28.1 Å². The van der Waals surface area contributed by atoms with Crippen molar-refractivity contribution >= 4 is 0 Å². The van der Waals surface area contributed by atoms with E-state index >= 15 is 0 Å². The number of hydrogen-bond donors (Lipinski definition) is 0. The van der Waals surface area contributed by atoms with Crippen molar-refractivity contribution in [1.29, 1.82) is 0 Å². The predicted molar refractivity (Wildman–Crippen MR) is 96.1 cm³/mol. The molecule has 0 N–H and O–H groups in total. The van der Waals surface area contributed by atoms with Crippen LogP contribution in [0.3, 0.4) is 0 Å². The summed E-state index contributed by atoms with van der Waals surface area (Å²) >= 11 is 0. The maximum Gasteiger partial charge on any atom is 0.0632 e. The lowest BCUT2D eigenvalue weighted by Crippen LogP contribution is -2.51. The Hall–Kier alpha value is -0.0400. The van der Waals surface area contributed by atoms with E-state index in [2.05, 4.69) is 41.5 Å². The van der Waals surface area contributed by atoms with Crippen molar-refractivity contribution < 1.29 is 4.74 Å². The summed E-state index contributed by atoms with van der Waals surface area (Å²) in [5, 5.41) is 0. The molecule has 1 nitrogen and oxygen atoms in total. The first-order valence-corrected chi connectivity index (χ1v) is 9.79. The summed E-state index contributed by atoms with van der Waals surface area (Å²) < 4.78 is 6.01. The highest BCUT2D eigenvalue weighted by Crippen LogP contribution is 2.67. The van der Waals surface area contributed by atoms with Gasteiger partial charge < -0.3 is 4.74 Å². The molecule has 5 atom stereocenters. The van der Waals surface area contributed by atoms with E-state index in [-0.39, 0.29) is 0 Å². The highest BCUT2D eigenvalue weighted by atomic mass is 16.5. The van der Waals surface area contributed by atoms with Gasteiger partial charge in [-0.1, -0.05) is 54.4 Å². The van der Waals surface area contributed by atoms with Crippen molar-refractivity contribution in [2.24, 2.45) is 28.1 Å². The van der Waals surface area contributed by atoms with Gasteiger partial charge in [-0.25, -0.2) is 0 Å². The fourth-order valence-corrected chi connectivity index (χ4v) is 6.50. The van der Waals surface area contributed by atoms with Crippen LogP contribution in [0.15, 0.2) is 0 Å². The summed E-state index contributed by atoms with van der Waals surface area (Å²) in [6.45, 7) is 14.8. The van der Waals surface area contributed by atoms with Gasteiger partial charge in [0.2, 0.25) is 0 Å². The zero-order valence-corrected chi connectivity index (χ0v) is 16.3. The smallest absolute Gasteiger partial charge is 0.0632 e. The summed E-state index contributed by atoms with van der Waals surface area (Å²) in [5.41, 5.74) is 1.42. The molecule has 2 unspecified atom stereocenters. The molecule has 130 valence electrons. The van der Waals surface area contributed by atoms with Gasteiger partial charge in [-0.2, -0.15) is 0 Å². The molecule has 0 bridgehead atoms. The number of ether oxygens (including phenoxy) is 1. The first-order valence-electron chi connectivity index (χ1n) is 9.79. The molecular weight excluding hydrogens is 268 g/mol. The van der Waals surface area contributed by atoms with Gasteiger partial charge in [0, 0.05) is 12.5 Å². The fraction of sp³-hybridized carbons (Fsp3) is 1.00. The van der Waals surface area contributed by atoms with Crippen molar-refractivity contribution in [3.05, 3.63) is 0 Å². The van der Waals surface area contributed by atoms with Crippen molar-refractivity contribution in [3.63, 3.8) is 0 Å². The Kier molecular flexibility index (Phi) is 5.37. The predicted octanol–water partition coefficient (Wildman–Crippen LogP) is 6.46. The van der Waals surface area contributed by atoms with Gasteiger partial charge in [-0.3, -0.25) is 0 Å². The number of fused-ring (bicyclic) bond motifs is 1. The third-order valence-electron chi connectivity index (χ3n) is 8.07. The van der Waals surface area contributed by atoms with E-state index in [4.69, 9.17) is 4.74 Å². The minimum atomic E-state index is 0.440. The third-order valence-corrected chi connectivity index (χ3v) is 8.07. The minimum absolute atomic E-state index is 0.440. The van der Waals surface area contributed by atoms with Crippen LogP contribution in [0.4, 0.5) is 0 Å². The fourth-order valence-electron chi connectivity index (χ4n) is 6.50. The highest BCUT2D eigenvalue weighted by molar-refractivity contribution is 5.11. The molecule has 0 spiro atoms. The molecule has 0 aliphatic heterocycles. The molecule has 0 heterocycles. The van der Waals surface area contributed by atoms with E-state index in [1.807, 2.05) is 7.11 Å². The van der Waals surface area contributed by atoms with Crippen LogP contribution in [0.2, 0.25) is 0 Å². The summed E-state index contributed by atoms with van der Waals surface area (Å²) in [6.07, 6.45) is 11.3. The Balaban J connectivity index is 2.25. The van der Waals surface area contributed by atoms with E-state index in [0.717, 1.165) is 11.8 Å². The molecule has 2 aliphatic carbocycles. The Morgan fingerprint density at radius 2 is 1.86 bits per heavy atom. The molecule has 0 aromatic carbocycles. The minimum Gasteiger partial charge on any atom is -0.381 e. The molecule has 0 aromatic rings. The average molecular weight is 309 g/mol. The molecular formula is C21H40O. The standard InChI is InChI=1S/C21H40O/c1-8-19(4,5)15-16(3)17-12-14-21(9-2)18(22-7)11-10-13-20(17,21)6/h16-18H,8-15H2,1-7H3/t16-,17-,18+,20?,21?/m1/s1. The summed E-state index contributed by atoms with van der Waals surface area (Å²) in [5.74, 6) is 1.72. The molecule has 22 heavy (non-hydrogen) atoms. The Morgan fingerprint density at radius 1 is 1.18 bits per heavy atom. The number of rotatable bonds is 6. The van der Waals surface area contributed by atoms with Crippen LogP contribution in [-0.4, -0.2) is 13.2 Å². The van der Waals surface area contributed by atoms with Crippen molar-refractivity contribution in [1.82, 2.24) is 0 Å². The van der Waals surface area contributed by atoms with Gasteiger partial charge in [0.1, 0.15) is 0 Å². The summed E-state index contributed by atoms with van der Waals surface area (Å²) in [7, 11) is 1.95. The Morgan fingerprint density at radius 3 is 2.41 bits per heavy atom. The van der Waals surface area contributed by atoms with E-state index in [1.165, 1.54) is 51.4 Å². The van der Waals surface area contributed by atoms with Gasteiger partial charge >= 0.3 is 0 Å². The Bertz CT molecular complexity index is 374. The van der Waals surface area contributed by atoms with Gasteiger partial charge in [0.25, 0.3) is 0 Å². The molecule has 2 rings (SSSR count). The summed E-state index contributed by atoms with van der Waals surface area (Å²) in [4.78, 5) is 0. The zero-order valence-electron chi connectivity index (χ0n) is 16.3. The number of hydrogen-bond acceptors (Lipinski definition) is 1. The second kappa shape index (κ2) is 6.46. The maximum atomic E-state index is 6.01. The molecule has 0 radical (unpaired) electrons. The van der Waals surface area contributed by atoms with Crippen LogP contribution in [0.1, 0.15) is 92.9 Å². The van der Waals surface area contributed by atoms with E-state index in [1.54, 1.807) is 0 Å². The van der Waals surface area contributed by atoms with Gasteiger partial charge in [0.05, 0.1) is 6.10 Å². The average Bonchev–Trinajstić information content (AvgIpc) is 2.79. The number of methoxy groups -OCH3 is 1.